The van der Waals surface area contributed by atoms with E-state index in [9.17, 15) is 9.59 Å². The average molecular weight is 346 g/mol. The first-order valence-corrected chi connectivity index (χ1v) is 8.48. The van der Waals surface area contributed by atoms with E-state index in [0.717, 1.165) is 18.5 Å². The van der Waals surface area contributed by atoms with Crippen LogP contribution in [0.15, 0.2) is 16.7 Å². The molecule has 1 aliphatic rings. The quantitative estimate of drug-likeness (QED) is 0.886. The van der Waals surface area contributed by atoms with Crippen LogP contribution in [0.4, 0.5) is 0 Å². The molecule has 1 aliphatic heterocycles. The van der Waals surface area contributed by atoms with E-state index in [1.807, 2.05) is 13.0 Å². The van der Waals surface area contributed by atoms with Crippen molar-refractivity contribution in [3.63, 3.8) is 0 Å². The highest BCUT2D eigenvalue weighted by molar-refractivity contribution is 5.92. The summed E-state index contributed by atoms with van der Waals surface area (Å²) in [6.45, 7) is 4.78. The Balaban J connectivity index is 1.72. The molecule has 1 fully saturated rings. The summed E-state index contributed by atoms with van der Waals surface area (Å²) in [7, 11) is 0. The number of likely N-dealkylation sites (tertiary alicyclic amines) is 1. The zero-order chi connectivity index (χ0) is 18.0. The fraction of sp³-hybridized carbons (Fsp3) is 0.529. The van der Waals surface area contributed by atoms with E-state index in [2.05, 4.69) is 10.1 Å². The van der Waals surface area contributed by atoms with Gasteiger partial charge in [0.2, 0.25) is 5.76 Å². The van der Waals surface area contributed by atoms with Crippen molar-refractivity contribution in [3.05, 3.63) is 35.3 Å². The second-order valence-corrected chi connectivity index (χ2v) is 6.30. The SMILES string of the molecule is CCc1nc(C)c(C(=O)N2CCC[C@@H](c3ccn(CC(=O)O)n3)C2)o1. The molecule has 3 rings (SSSR count). The molecule has 1 N–H and O–H groups in total. The van der Waals surface area contributed by atoms with Crippen molar-refractivity contribution in [2.24, 2.45) is 0 Å². The Bertz CT molecular complexity index is 779. The number of piperidine rings is 1. The lowest BCUT2D eigenvalue weighted by molar-refractivity contribution is -0.137. The maximum absolute atomic E-state index is 12.8. The standard InChI is InChI=1S/C17H22N4O4/c1-3-14-18-11(2)16(25-14)17(24)20-7-4-5-12(9-20)13-6-8-21(19-13)10-15(22)23/h6,8,12H,3-5,7,9-10H2,1-2H3,(H,22,23)/t12-/m1/s1. The number of nitrogens with zero attached hydrogens (tertiary/aromatic N) is 4. The first-order valence-electron chi connectivity index (χ1n) is 8.48. The van der Waals surface area contributed by atoms with E-state index in [0.29, 0.717) is 36.9 Å². The monoisotopic (exact) mass is 346 g/mol. The van der Waals surface area contributed by atoms with E-state index in [4.69, 9.17) is 9.52 Å². The highest BCUT2D eigenvalue weighted by atomic mass is 16.4. The lowest BCUT2D eigenvalue weighted by atomic mass is 9.95. The number of aliphatic carboxylic acids is 1. The van der Waals surface area contributed by atoms with Gasteiger partial charge in [0.15, 0.2) is 5.89 Å². The minimum atomic E-state index is -0.928. The van der Waals surface area contributed by atoms with Gasteiger partial charge in [0, 0.05) is 31.6 Å². The van der Waals surface area contributed by atoms with Gasteiger partial charge in [-0.2, -0.15) is 5.10 Å². The first kappa shape index (κ1) is 17.2. The zero-order valence-electron chi connectivity index (χ0n) is 14.4. The second kappa shape index (κ2) is 7.08. The van der Waals surface area contributed by atoms with Gasteiger partial charge in [-0.25, -0.2) is 4.98 Å². The Morgan fingerprint density at radius 3 is 2.92 bits per heavy atom. The molecule has 25 heavy (non-hydrogen) atoms. The van der Waals surface area contributed by atoms with Crippen LogP contribution in [0.3, 0.4) is 0 Å². The van der Waals surface area contributed by atoms with Gasteiger partial charge in [-0.3, -0.25) is 14.3 Å². The summed E-state index contributed by atoms with van der Waals surface area (Å²) in [4.78, 5) is 29.6. The first-order chi connectivity index (χ1) is 12.0. The predicted octanol–water partition coefficient (Wildman–Crippen LogP) is 1.85. The maximum Gasteiger partial charge on any atom is 0.325 e. The summed E-state index contributed by atoms with van der Waals surface area (Å²) < 4.78 is 6.99. The minimum absolute atomic E-state index is 0.0987. The molecule has 3 heterocycles. The van der Waals surface area contributed by atoms with Gasteiger partial charge in [0.05, 0.1) is 11.4 Å². The third-order valence-corrected chi connectivity index (χ3v) is 4.42. The number of oxazole rings is 1. The van der Waals surface area contributed by atoms with Crippen LogP contribution in [0, 0.1) is 6.92 Å². The number of hydrogen-bond acceptors (Lipinski definition) is 5. The molecular formula is C17H22N4O4. The summed E-state index contributed by atoms with van der Waals surface area (Å²) in [6.07, 6.45) is 4.11. The molecular weight excluding hydrogens is 324 g/mol. The van der Waals surface area contributed by atoms with Crippen LogP contribution in [0.2, 0.25) is 0 Å². The molecule has 2 aromatic rings. The van der Waals surface area contributed by atoms with Crippen molar-refractivity contribution in [1.29, 1.82) is 0 Å². The van der Waals surface area contributed by atoms with Crippen LogP contribution in [0.1, 0.15) is 53.5 Å². The largest absolute Gasteiger partial charge is 0.480 e. The van der Waals surface area contributed by atoms with E-state index in [1.54, 1.807) is 18.0 Å². The molecule has 0 bridgehead atoms. The number of carbonyl (C=O) groups is 2. The van der Waals surface area contributed by atoms with Crippen molar-refractivity contribution in [3.8, 4) is 0 Å². The molecule has 8 nitrogen and oxygen atoms in total. The van der Waals surface area contributed by atoms with Crippen molar-refractivity contribution in [2.45, 2.75) is 45.6 Å². The summed E-state index contributed by atoms with van der Waals surface area (Å²) in [5.41, 5.74) is 1.44. The highest BCUT2D eigenvalue weighted by Crippen LogP contribution is 2.27. The number of aromatic nitrogens is 3. The minimum Gasteiger partial charge on any atom is -0.480 e. The average Bonchev–Trinajstić information content (AvgIpc) is 3.20. The van der Waals surface area contributed by atoms with Gasteiger partial charge in [-0.05, 0) is 25.8 Å². The lowest BCUT2D eigenvalue weighted by Crippen LogP contribution is -2.39. The fourth-order valence-electron chi connectivity index (χ4n) is 3.17. The molecule has 134 valence electrons. The number of carbonyl (C=O) groups excluding carboxylic acids is 1. The fourth-order valence-corrected chi connectivity index (χ4v) is 3.17. The van der Waals surface area contributed by atoms with Crippen LogP contribution >= 0.6 is 0 Å². The Kier molecular flexibility index (Phi) is 4.87. The molecule has 1 amide bonds. The van der Waals surface area contributed by atoms with Crippen LogP contribution in [0.25, 0.3) is 0 Å². The molecule has 0 spiro atoms. The molecule has 0 aromatic carbocycles. The van der Waals surface area contributed by atoms with Gasteiger partial charge in [0.1, 0.15) is 6.54 Å². The van der Waals surface area contributed by atoms with Gasteiger partial charge in [-0.15, -0.1) is 0 Å². The summed E-state index contributed by atoms with van der Waals surface area (Å²) in [5, 5.41) is 13.2. The number of amides is 1. The van der Waals surface area contributed by atoms with E-state index < -0.39 is 5.97 Å². The van der Waals surface area contributed by atoms with Gasteiger partial charge in [-0.1, -0.05) is 6.92 Å². The van der Waals surface area contributed by atoms with Crippen molar-refractivity contribution >= 4 is 11.9 Å². The van der Waals surface area contributed by atoms with E-state index in [-0.39, 0.29) is 18.4 Å². The van der Waals surface area contributed by atoms with E-state index in [1.165, 1.54) is 4.68 Å². The molecule has 8 heteroatoms. The Morgan fingerprint density at radius 1 is 1.44 bits per heavy atom. The summed E-state index contributed by atoms with van der Waals surface area (Å²) in [5.74, 6) is -0.0839. The van der Waals surface area contributed by atoms with Gasteiger partial charge in [0.25, 0.3) is 5.91 Å². The normalized spacial score (nSPS) is 17.7. The molecule has 2 aromatic heterocycles. The Labute approximate surface area is 145 Å². The van der Waals surface area contributed by atoms with Crippen molar-refractivity contribution in [1.82, 2.24) is 19.7 Å². The van der Waals surface area contributed by atoms with Crippen molar-refractivity contribution in [2.75, 3.05) is 13.1 Å². The molecule has 0 unspecified atom stereocenters. The molecule has 0 saturated carbocycles. The molecule has 0 radical (unpaired) electrons. The Morgan fingerprint density at radius 2 is 2.24 bits per heavy atom. The second-order valence-electron chi connectivity index (χ2n) is 6.30. The zero-order valence-corrected chi connectivity index (χ0v) is 14.4. The van der Waals surface area contributed by atoms with Gasteiger partial charge < -0.3 is 14.4 Å². The smallest absolute Gasteiger partial charge is 0.325 e. The third kappa shape index (κ3) is 3.72. The number of aryl methyl sites for hydroxylation is 2. The highest BCUT2D eigenvalue weighted by Gasteiger charge is 2.29. The molecule has 1 atom stereocenters. The van der Waals surface area contributed by atoms with Crippen LogP contribution in [0.5, 0.6) is 0 Å². The summed E-state index contributed by atoms with van der Waals surface area (Å²) in [6, 6.07) is 1.83. The topological polar surface area (TPSA) is 101 Å². The van der Waals surface area contributed by atoms with Gasteiger partial charge >= 0.3 is 5.97 Å². The lowest BCUT2D eigenvalue weighted by Gasteiger charge is -2.31. The molecule has 1 saturated heterocycles. The van der Waals surface area contributed by atoms with E-state index >= 15 is 0 Å². The van der Waals surface area contributed by atoms with Crippen LogP contribution in [-0.2, 0) is 17.8 Å². The number of hydrogen-bond donors (Lipinski definition) is 1. The molecule has 0 aliphatic carbocycles. The van der Waals surface area contributed by atoms with Crippen LogP contribution in [-0.4, -0.2) is 49.7 Å². The number of carboxylic acid groups (broad SMARTS) is 1. The number of rotatable bonds is 5. The van der Waals surface area contributed by atoms with Crippen LogP contribution < -0.4 is 0 Å². The van der Waals surface area contributed by atoms with Crippen molar-refractivity contribution < 1.29 is 19.1 Å². The number of carboxylic acids is 1. The predicted molar refractivity (Wildman–Crippen MR) is 88.4 cm³/mol. The third-order valence-electron chi connectivity index (χ3n) is 4.42. The summed E-state index contributed by atoms with van der Waals surface area (Å²) >= 11 is 0. The maximum atomic E-state index is 12.8. The Hall–Kier alpha value is -2.64.